The number of fused-ring (bicyclic) bond motifs is 1. The zero-order valence-corrected chi connectivity index (χ0v) is 10.9. The van der Waals surface area contributed by atoms with E-state index in [4.69, 9.17) is 5.84 Å². The summed E-state index contributed by atoms with van der Waals surface area (Å²) in [6.45, 7) is 0. The lowest BCUT2D eigenvalue weighted by Gasteiger charge is -2.36. The van der Waals surface area contributed by atoms with E-state index in [2.05, 4.69) is 17.6 Å². The SMILES string of the molecule is NNC(Cc1ccc(F)c(F)c1)C1Cc2ccccc21. The van der Waals surface area contributed by atoms with Crippen molar-refractivity contribution < 1.29 is 8.78 Å². The highest BCUT2D eigenvalue weighted by Crippen LogP contribution is 2.38. The van der Waals surface area contributed by atoms with Crippen molar-refractivity contribution in [2.75, 3.05) is 0 Å². The number of hydrogen-bond donors (Lipinski definition) is 2. The molecule has 0 radical (unpaired) electrons. The molecule has 20 heavy (non-hydrogen) atoms. The van der Waals surface area contributed by atoms with Crippen molar-refractivity contribution in [3.05, 3.63) is 70.8 Å². The van der Waals surface area contributed by atoms with Gasteiger partial charge in [0.1, 0.15) is 0 Å². The van der Waals surface area contributed by atoms with Gasteiger partial charge in [0.15, 0.2) is 11.6 Å². The molecule has 104 valence electrons. The average molecular weight is 274 g/mol. The summed E-state index contributed by atoms with van der Waals surface area (Å²) in [6.07, 6.45) is 1.54. The molecule has 2 aromatic rings. The van der Waals surface area contributed by atoms with Crippen molar-refractivity contribution in [2.45, 2.75) is 24.8 Å². The number of benzene rings is 2. The van der Waals surface area contributed by atoms with Crippen LogP contribution in [0.25, 0.3) is 0 Å². The Balaban J connectivity index is 1.77. The fraction of sp³-hybridized carbons (Fsp3) is 0.250. The Bertz CT molecular complexity index is 628. The minimum atomic E-state index is -0.819. The van der Waals surface area contributed by atoms with Gasteiger partial charge in [0.25, 0.3) is 0 Å². The van der Waals surface area contributed by atoms with Crippen LogP contribution in [-0.2, 0) is 12.8 Å². The molecule has 0 fully saturated rings. The molecule has 2 atom stereocenters. The van der Waals surface area contributed by atoms with Gasteiger partial charge in [-0.2, -0.15) is 0 Å². The second-order valence-corrected chi connectivity index (χ2v) is 5.24. The zero-order valence-electron chi connectivity index (χ0n) is 10.9. The zero-order chi connectivity index (χ0) is 14.1. The molecule has 0 aliphatic heterocycles. The van der Waals surface area contributed by atoms with Gasteiger partial charge in [-0.1, -0.05) is 30.3 Å². The smallest absolute Gasteiger partial charge is 0.159 e. The van der Waals surface area contributed by atoms with Crippen LogP contribution in [0.4, 0.5) is 8.78 Å². The molecule has 0 bridgehead atoms. The summed E-state index contributed by atoms with van der Waals surface area (Å²) >= 11 is 0. The minimum absolute atomic E-state index is 0.0229. The van der Waals surface area contributed by atoms with Crippen molar-refractivity contribution in [3.8, 4) is 0 Å². The molecule has 1 aliphatic rings. The molecular formula is C16H16F2N2. The van der Waals surface area contributed by atoms with E-state index in [0.29, 0.717) is 12.3 Å². The number of nitrogens with one attached hydrogen (secondary N) is 1. The van der Waals surface area contributed by atoms with Gasteiger partial charge in [0.2, 0.25) is 0 Å². The van der Waals surface area contributed by atoms with Crippen molar-refractivity contribution in [2.24, 2.45) is 5.84 Å². The van der Waals surface area contributed by atoms with Crippen molar-refractivity contribution >= 4 is 0 Å². The first-order valence-electron chi connectivity index (χ1n) is 6.67. The van der Waals surface area contributed by atoms with Gasteiger partial charge in [-0.25, -0.2) is 8.78 Å². The maximum atomic E-state index is 13.2. The van der Waals surface area contributed by atoms with Gasteiger partial charge in [-0.15, -0.1) is 0 Å². The molecule has 0 heterocycles. The molecule has 2 nitrogen and oxygen atoms in total. The number of nitrogens with two attached hydrogens (primary N) is 1. The highest BCUT2D eigenvalue weighted by Gasteiger charge is 2.32. The molecule has 0 aromatic heterocycles. The van der Waals surface area contributed by atoms with E-state index >= 15 is 0 Å². The second kappa shape index (κ2) is 5.31. The summed E-state index contributed by atoms with van der Waals surface area (Å²) < 4.78 is 26.2. The van der Waals surface area contributed by atoms with Gasteiger partial charge < -0.3 is 0 Å². The predicted octanol–water partition coefficient (Wildman–Crippen LogP) is 2.68. The van der Waals surface area contributed by atoms with E-state index in [1.807, 2.05) is 12.1 Å². The first-order chi connectivity index (χ1) is 9.69. The Morgan fingerprint density at radius 3 is 2.65 bits per heavy atom. The van der Waals surface area contributed by atoms with Gasteiger partial charge in [-0.05, 0) is 41.7 Å². The fourth-order valence-electron chi connectivity index (χ4n) is 2.89. The molecule has 0 amide bonds. The number of hydrogen-bond acceptors (Lipinski definition) is 2. The van der Waals surface area contributed by atoms with E-state index in [9.17, 15) is 8.78 Å². The Kier molecular flexibility index (Phi) is 3.51. The minimum Gasteiger partial charge on any atom is -0.271 e. The third-order valence-electron chi connectivity index (χ3n) is 4.03. The molecule has 0 saturated heterocycles. The lowest BCUT2D eigenvalue weighted by Crippen LogP contribution is -2.45. The summed E-state index contributed by atoms with van der Waals surface area (Å²) in [7, 11) is 0. The first kappa shape index (κ1) is 13.2. The van der Waals surface area contributed by atoms with Crippen LogP contribution in [0.15, 0.2) is 42.5 Å². The maximum Gasteiger partial charge on any atom is 0.159 e. The summed E-state index contributed by atoms with van der Waals surface area (Å²) in [6, 6.07) is 12.3. The van der Waals surface area contributed by atoms with Crippen LogP contribution < -0.4 is 11.3 Å². The summed E-state index contributed by atoms with van der Waals surface area (Å²) in [4.78, 5) is 0. The monoisotopic (exact) mass is 274 g/mol. The van der Waals surface area contributed by atoms with Crippen molar-refractivity contribution in [1.29, 1.82) is 0 Å². The number of halogens is 2. The van der Waals surface area contributed by atoms with Crippen LogP contribution >= 0.6 is 0 Å². The molecular weight excluding hydrogens is 258 g/mol. The van der Waals surface area contributed by atoms with Crippen LogP contribution in [0.3, 0.4) is 0 Å². The van der Waals surface area contributed by atoms with Crippen LogP contribution in [0, 0.1) is 11.6 Å². The van der Waals surface area contributed by atoms with Gasteiger partial charge >= 0.3 is 0 Å². The fourth-order valence-corrected chi connectivity index (χ4v) is 2.89. The summed E-state index contributed by atoms with van der Waals surface area (Å²) in [5.74, 6) is 4.33. The second-order valence-electron chi connectivity index (χ2n) is 5.24. The lowest BCUT2D eigenvalue weighted by molar-refractivity contribution is 0.403. The van der Waals surface area contributed by atoms with E-state index in [1.54, 1.807) is 6.07 Å². The molecule has 0 spiro atoms. The molecule has 2 unspecified atom stereocenters. The Labute approximate surface area is 116 Å². The van der Waals surface area contributed by atoms with Crippen LogP contribution in [-0.4, -0.2) is 6.04 Å². The van der Waals surface area contributed by atoms with Gasteiger partial charge in [-0.3, -0.25) is 11.3 Å². The molecule has 2 aromatic carbocycles. The normalized spacial score (nSPS) is 18.2. The molecule has 0 saturated carbocycles. The molecule has 4 heteroatoms. The third kappa shape index (κ3) is 2.32. The van der Waals surface area contributed by atoms with E-state index in [1.165, 1.54) is 17.2 Å². The van der Waals surface area contributed by atoms with Crippen LogP contribution in [0.1, 0.15) is 22.6 Å². The first-order valence-corrected chi connectivity index (χ1v) is 6.67. The van der Waals surface area contributed by atoms with Crippen LogP contribution in [0.5, 0.6) is 0 Å². The topological polar surface area (TPSA) is 38.0 Å². The number of hydrazine groups is 1. The summed E-state index contributed by atoms with van der Waals surface area (Å²) in [5, 5.41) is 0. The quantitative estimate of drug-likeness (QED) is 0.664. The highest BCUT2D eigenvalue weighted by molar-refractivity contribution is 5.41. The number of rotatable bonds is 4. The van der Waals surface area contributed by atoms with E-state index in [-0.39, 0.29) is 6.04 Å². The summed E-state index contributed by atoms with van der Waals surface area (Å²) in [5.41, 5.74) is 6.18. The molecule has 3 rings (SSSR count). The van der Waals surface area contributed by atoms with Crippen molar-refractivity contribution in [1.82, 2.24) is 5.43 Å². The third-order valence-corrected chi connectivity index (χ3v) is 4.03. The van der Waals surface area contributed by atoms with Gasteiger partial charge in [0, 0.05) is 12.0 Å². The molecule has 1 aliphatic carbocycles. The molecule has 3 N–H and O–H groups in total. The Morgan fingerprint density at radius 1 is 1.15 bits per heavy atom. The van der Waals surface area contributed by atoms with Crippen LogP contribution in [0.2, 0.25) is 0 Å². The maximum absolute atomic E-state index is 13.2. The van der Waals surface area contributed by atoms with Crippen molar-refractivity contribution in [3.63, 3.8) is 0 Å². The largest absolute Gasteiger partial charge is 0.271 e. The Morgan fingerprint density at radius 2 is 1.95 bits per heavy atom. The lowest BCUT2D eigenvalue weighted by atomic mass is 9.72. The Hall–Kier alpha value is -1.78. The predicted molar refractivity (Wildman–Crippen MR) is 74.1 cm³/mol. The van der Waals surface area contributed by atoms with Gasteiger partial charge in [0.05, 0.1) is 0 Å². The standard InChI is InChI=1S/C16H16F2N2/c17-14-6-5-10(7-15(14)18)8-16(20-19)13-9-11-3-1-2-4-12(11)13/h1-7,13,16,20H,8-9,19H2. The highest BCUT2D eigenvalue weighted by atomic mass is 19.2. The average Bonchev–Trinajstić information content (AvgIpc) is 2.43. The van der Waals surface area contributed by atoms with E-state index < -0.39 is 11.6 Å². The van der Waals surface area contributed by atoms with E-state index in [0.717, 1.165) is 18.1 Å².